The van der Waals surface area contributed by atoms with E-state index >= 15 is 0 Å². The molecule has 1 aromatic heterocycles. The Morgan fingerprint density at radius 2 is 1.56 bits per heavy atom. The molecule has 8 N–H and O–H groups in total. The zero-order valence-corrected chi connectivity index (χ0v) is 15.5. The normalized spacial score (nSPS) is 12.7. The molecule has 1 rings (SSSR count). The highest BCUT2D eigenvalue weighted by Crippen LogP contribution is 2.05. The van der Waals surface area contributed by atoms with E-state index in [0.29, 0.717) is 44.1 Å². The highest BCUT2D eigenvalue weighted by atomic mass is 15.4. The minimum Gasteiger partial charge on any atom is -0.400 e. The maximum atomic E-state index is 6.10. The molecule has 0 aliphatic rings. The van der Waals surface area contributed by atoms with Gasteiger partial charge in [0.1, 0.15) is 0 Å². The van der Waals surface area contributed by atoms with Crippen LogP contribution < -0.4 is 23.2 Å². The lowest BCUT2D eigenvalue weighted by Crippen LogP contribution is -2.35. The van der Waals surface area contributed by atoms with E-state index in [4.69, 9.17) is 23.2 Å². The second-order valence-electron chi connectivity index (χ2n) is 5.78. The first-order chi connectivity index (χ1) is 11.9. The van der Waals surface area contributed by atoms with Crippen molar-refractivity contribution in [2.45, 2.75) is 33.9 Å². The average Bonchev–Trinajstić information content (AvgIpc) is 3.01. The summed E-state index contributed by atoms with van der Waals surface area (Å²) in [6, 6.07) is 0. The quantitative estimate of drug-likeness (QED) is 0.294. The van der Waals surface area contributed by atoms with Crippen LogP contribution >= 0.6 is 0 Å². The lowest BCUT2D eigenvalue weighted by atomic mass is 10.3. The van der Waals surface area contributed by atoms with Crippen LogP contribution in [0.3, 0.4) is 0 Å². The van der Waals surface area contributed by atoms with Crippen molar-refractivity contribution < 1.29 is 0 Å². The van der Waals surface area contributed by atoms with Gasteiger partial charge in [-0.15, -0.1) is 5.10 Å². The van der Waals surface area contributed by atoms with Crippen molar-refractivity contribution in [2.24, 2.45) is 23.2 Å². The molecule has 1 heterocycles. The fraction of sp³-hybridized carbons (Fsp3) is 0.600. The Bertz CT molecular complexity index is 536. The maximum Gasteiger partial charge on any atom is 0.0967 e. The van der Waals surface area contributed by atoms with Gasteiger partial charge in [-0.1, -0.05) is 5.21 Å². The SMILES string of the molecule is CCN(N)/C=C(\N)CN(C/C(N)=C/N(N)CC)Cc1cn(CC)nn1. The zero-order valence-electron chi connectivity index (χ0n) is 15.5. The third-order valence-electron chi connectivity index (χ3n) is 3.50. The van der Waals surface area contributed by atoms with Gasteiger partial charge in [0, 0.05) is 69.3 Å². The fourth-order valence-corrected chi connectivity index (χ4v) is 2.17. The van der Waals surface area contributed by atoms with Crippen LogP contribution in [-0.4, -0.2) is 56.1 Å². The predicted molar refractivity (Wildman–Crippen MR) is 98.6 cm³/mol. The molecule has 0 spiro atoms. The fourth-order valence-electron chi connectivity index (χ4n) is 2.17. The lowest BCUT2D eigenvalue weighted by Gasteiger charge is -2.23. The Morgan fingerprint density at radius 3 is 1.96 bits per heavy atom. The molecule has 0 radical (unpaired) electrons. The van der Waals surface area contributed by atoms with Crippen molar-refractivity contribution in [2.75, 3.05) is 26.2 Å². The van der Waals surface area contributed by atoms with Crippen LogP contribution in [0.15, 0.2) is 30.0 Å². The Kier molecular flexibility index (Phi) is 8.75. The number of aromatic nitrogens is 3. The molecule has 0 bridgehead atoms. The second kappa shape index (κ2) is 10.5. The maximum absolute atomic E-state index is 6.10. The molecule has 0 amide bonds. The van der Waals surface area contributed by atoms with E-state index in [9.17, 15) is 0 Å². The summed E-state index contributed by atoms with van der Waals surface area (Å²) >= 11 is 0. The molecule has 0 saturated heterocycles. The first kappa shape index (κ1) is 20.7. The summed E-state index contributed by atoms with van der Waals surface area (Å²) in [5, 5.41) is 11.3. The van der Waals surface area contributed by atoms with Crippen molar-refractivity contribution in [3.8, 4) is 0 Å². The Balaban J connectivity index is 2.85. The summed E-state index contributed by atoms with van der Waals surface area (Å²) < 4.78 is 1.78. The van der Waals surface area contributed by atoms with Gasteiger partial charge >= 0.3 is 0 Å². The van der Waals surface area contributed by atoms with Crippen molar-refractivity contribution in [3.05, 3.63) is 35.7 Å². The van der Waals surface area contributed by atoms with Gasteiger partial charge < -0.3 is 21.5 Å². The van der Waals surface area contributed by atoms with Gasteiger partial charge in [0.25, 0.3) is 0 Å². The predicted octanol–water partition coefficient (Wildman–Crippen LogP) is -0.909. The zero-order chi connectivity index (χ0) is 18.8. The molecule has 0 fully saturated rings. The molecular weight excluding hydrogens is 320 g/mol. The first-order valence-electron chi connectivity index (χ1n) is 8.44. The molecule has 1 aromatic rings. The Morgan fingerprint density at radius 1 is 1.04 bits per heavy atom. The van der Waals surface area contributed by atoms with Gasteiger partial charge in [0.15, 0.2) is 0 Å². The minimum absolute atomic E-state index is 0.498. The summed E-state index contributed by atoms with van der Waals surface area (Å²) in [7, 11) is 0. The molecule has 0 aromatic carbocycles. The molecular formula is C15H32N10. The van der Waals surface area contributed by atoms with Gasteiger partial charge in [-0.25, -0.2) is 11.7 Å². The molecule has 10 heteroatoms. The van der Waals surface area contributed by atoms with E-state index < -0.39 is 0 Å². The van der Waals surface area contributed by atoms with E-state index in [2.05, 4.69) is 15.2 Å². The van der Waals surface area contributed by atoms with Gasteiger partial charge in [-0.05, 0) is 20.8 Å². The van der Waals surface area contributed by atoms with Gasteiger partial charge in [-0.2, -0.15) is 0 Å². The van der Waals surface area contributed by atoms with Crippen LogP contribution in [0, 0.1) is 0 Å². The second-order valence-corrected chi connectivity index (χ2v) is 5.78. The molecule has 25 heavy (non-hydrogen) atoms. The lowest BCUT2D eigenvalue weighted by molar-refractivity contribution is 0.298. The number of rotatable bonds is 11. The Hall–Kier alpha value is -2.30. The van der Waals surface area contributed by atoms with Crippen LogP contribution in [0.1, 0.15) is 26.5 Å². The summed E-state index contributed by atoms with van der Waals surface area (Å²) in [4.78, 5) is 2.06. The van der Waals surface area contributed by atoms with E-state index in [1.165, 1.54) is 0 Å². The van der Waals surface area contributed by atoms with Crippen LogP contribution in [0.2, 0.25) is 0 Å². The number of nitrogens with two attached hydrogens (primary N) is 4. The molecule has 0 unspecified atom stereocenters. The molecule has 0 atom stereocenters. The van der Waals surface area contributed by atoms with E-state index in [0.717, 1.165) is 12.2 Å². The van der Waals surface area contributed by atoms with Crippen LogP contribution in [0.4, 0.5) is 0 Å². The topological polar surface area (TPSA) is 145 Å². The van der Waals surface area contributed by atoms with Crippen molar-refractivity contribution >= 4 is 0 Å². The summed E-state index contributed by atoms with van der Waals surface area (Å²) in [6.45, 7) is 9.59. The highest BCUT2D eigenvalue weighted by molar-refractivity contribution is 5.05. The van der Waals surface area contributed by atoms with Gasteiger partial charge in [0.2, 0.25) is 0 Å². The third-order valence-corrected chi connectivity index (χ3v) is 3.50. The van der Waals surface area contributed by atoms with Gasteiger partial charge in [0.05, 0.1) is 5.69 Å². The monoisotopic (exact) mass is 352 g/mol. The molecule has 142 valence electrons. The number of hydrogen-bond donors (Lipinski definition) is 4. The van der Waals surface area contributed by atoms with Crippen LogP contribution in [-0.2, 0) is 13.1 Å². The van der Waals surface area contributed by atoms with Crippen molar-refractivity contribution in [3.63, 3.8) is 0 Å². The molecule has 0 aliphatic heterocycles. The van der Waals surface area contributed by atoms with E-state index in [1.807, 2.05) is 27.0 Å². The summed E-state index contributed by atoms with van der Waals surface area (Å²) in [5.41, 5.74) is 14.3. The molecule has 0 aliphatic carbocycles. The van der Waals surface area contributed by atoms with Gasteiger partial charge in [-0.3, -0.25) is 9.58 Å². The van der Waals surface area contributed by atoms with Crippen LogP contribution in [0.25, 0.3) is 0 Å². The number of nitrogens with zero attached hydrogens (tertiary/aromatic N) is 6. The van der Waals surface area contributed by atoms with Crippen molar-refractivity contribution in [1.29, 1.82) is 0 Å². The number of hydrazine groups is 2. The first-order valence-corrected chi connectivity index (χ1v) is 8.44. The standard InChI is InChI=1S/C15H32N10/c1-4-23(18)9-13(16)7-22(8-14(17)10-24(19)5-2)11-15-12-25(6-3)21-20-15/h9-10,12H,4-8,11,16-19H2,1-3H3/b13-9-,14-10-. The van der Waals surface area contributed by atoms with E-state index in [-0.39, 0.29) is 0 Å². The van der Waals surface area contributed by atoms with E-state index in [1.54, 1.807) is 27.1 Å². The number of hydrogen-bond acceptors (Lipinski definition) is 9. The van der Waals surface area contributed by atoms with Crippen molar-refractivity contribution in [1.82, 2.24) is 29.9 Å². The summed E-state index contributed by atoms with van der Waals surface area (Å²) in [6.07, 6.45) is 5.35. The minimum atomic E-state index is 0.498. The summed E-state index contributed by atoms with van der Waals surface area (Å²) in [5.74, 6) is 11.6. The smallest absolute Gasteiger partial charge is 0.0967 e. The highest BCUT2D eigenvalue weighted by Gasteiger charge is 2.12. The number of aryl methyl sites for hydroxylation is 1. The largest absolute Gasteiger partial charge is 0.400 e. The molecule has 0 saturated carbocycles. The Labute approximate surface area is 149 Å². The third kappa shape index (κ3) is 7.88. The average molecular weight is 352 g/mol. The molecule has 10 nitrogen and oxygen atoms in total. The van der Waals surface area contributed by atoms with Crippen LogP contribution in [0.5, 0.6) is 0 Å².